The maximum atomic E-state index is 12.3. The highest BCUT2D eigenvalue weighted by atomic mass is 16.1. The predicted octanol–water partition coefficient (Wildman–Crippen LogP) is 3.16. The lowest BCUT2D eigenvalue weighted by Crippen LogP contribution is -2.40. The van der Waals surface area contributed by atoms with Crippen molar-refractivity contribution in [2.45, 2.75) is 70.3 Å². The van der Waals surface area contributed by atoms with Crippen LogP contribution in [-0.2, 0) is 4.79 Å². The summed E-state index contributed by atoms with van der Waals surface area (Å²) in [6, 6.07) is 2.45. The number of carbonyl (C=O) groups is 1. The van der Waals surface area contributed by atoms with Crippen molar-refractivity contribution in [2.75, 3.05) is 0 Å². The summed E-state index contributed by atoms with van der Waals surface area (Å²) in [5.41, 5.74) is 0. The second-order valence-electron chi connectivity index (χ2n) is 5.82. The Morgan fingerprint density at radius 2 is 1.61 bits per heavy atom. The van der Waals surface area contributed by atoms with Crippen LogP contribution in [0.4, 0.5) is 0 Å². The first-order chi connectivity index (χ1) is 8.81. The average Bonchev–Trinajstić information content (AvgIpc) is 2.75. The van der Waals surface area contributed by atoms with Gasteiger partial charge in [0.25, 0.3) is 0 Å². The molecule has 2 rings (SSSR count). The fraction of sp³-hybridized carbons (Fsp3) is 0.867. The van der Waals surface area contributed by atoms with E-state index in [1.165, 1.54) is 32.1 Å². The summed E-state index contributed by atoms with van der Waals surface area (Å²) in [5, 5.41) is 12.2. The Kier molecular flexibility index (Phi) is 5.04. The molecule has 3 heteroatoms. The Morgan fingerprint density at radius 3 is 2.28 bits per heavy atom. The third kappa shape index (κ3) is 3.48. The zero-order valence-electron chi connectivity index (χ0n) is 11.2. The molecule has 0 saturated heterocycles. The summed E-state index contributed by atoms with van der Waals surface area (Å²) in [7, 11) is 0. The standard InChI is InChI=1S/C15H24N2O/c16-11-13-9-6-10-14(13)17-15(18)12-7-4-2-1-3-5-8-12/h12-14H,1-10H2,(H,17,18). The minimum atomic E-state index is 0.0440. The van der Waals surface area contributed by atoms with Gasteiger partial charge >= 0.3 is 0 Å². The van der Waals surface area contributed by atoms with E-state index in [1.807, 2.05) is 0 Å². The van der Waals surface area contributed by atoms with Crippen molar-refractivity contribution >= 4 is 5.91 Å². The Labute approximate surface area is 110 Å². The van der Waals surface area contributed by atoms with Crippen LogP contribution in [0.5, 0.6) is 0 Å². The van der Waals surface area contributed by atoms with Gasteiger partial charge in [-0.2, -0.15) is 5.26 Å². The fourth-order valence-corrected chi connectivity index (χ4v) is 3.31. The van der Waals surface area contributed by atoms with E-state index >= 15 is 0 Å². The number of carbonyl (C=O) groups excluding carboxylic acids is 1. The van der Waals surface area contributed by atoms with Crippen molar-refractivity contribution in [2.24, 2.45) is 11.8 Å². The smallest absolute Gasteiger partial charge is 0.223 e. The van der Waals surface area contributed by atoms with E-state index < -0.39 is 0 Å². The molecule has 1 amide bonds. The van der Waals surface area contributed by atoms with Crippen LogP contribution < -0.4 is 5.32 Å². The topological polar surface area (TPSA) is 52.9 Å². The molecule has 100 valence electrons. The zero-order chi connectivity index (χ0) is 12.8. The quantitative estimate of drug-likeness (QED) is 0.816. The predicted molar refractivity (Wildman–Crippen MR) is 70.7 cm³/mol. The molecule has 0 aliphatic heterocycles. The highest BCUT2D eigenvalue weighted by Crippen LogP contribution is 2.27. The van der Waals surface area contributed by atoms with E-state index in [4.69, 9.17) is 5.26 Å². The van der Waals surface area contributed by atoms with Crippen LogP contribution in [0.25, 0.3) is 0 Å². The second kappa shape index (κ2) is 6.78. The van der Waals surface area contributed by atoms with Gasteiger partial charge in [-0.1, -0.05) is 32.1 Å². The average molecular weight is 248 g/mol. The molecule has 3 nitrogen and oxygen atoms in total. The summed E-state index contributed by atoms with van der Waals surface area (Å²) in [6.07, 6.45) is 11.3. The molecular weight excluding hydrogens is 224 g/mol. The highest BCUT2D eigenvalue weighted by Gasteiger charge is 2.30. The first-order valence-corrected chi connectivity index (χ1v) is 7.51. The van der Waals surface area contributed by atoms with Crippen LogP contribution in [0, 0.1) is 23.2 Å². The molecule has 0 aromatic heterocycles. The molecule has 0 bridgehead atoms. The summed E-state index contributed by atoms with van der Waals surface area (Å²) in [5.74, 6) is 0.455. The van der Waals surface area contributed by atoms with Gasteiger partial charge in [0.15, 0.2) is 0 Å². The van der Waals surface area contributed by atoms with Gasteiger partial charge < -0.3 is 5.32 Å². The lowest BCUT2D eigenvalue weighted by Gasteiger charge is -2.22. The molecule has 2 unspecified atom stereocenters. The maximum absolute atomic E-state index is 12.3. The lowest BCUT2D eigenvalue weighted by molar-refractivity contribution is -0.126. The monoisotopic (exact) mass is 248 g/mol. The van der Waals surface area contributed by atoms with E-state index in [1.54, 1.807) is 0 Å². The Morgan fingerprint density at radius 1 is 0.944 bits per heavy atom. The zero-order valence-corrected chi connectivity index (χ0v) is 11.2. The molecule has 0 heterocycles. The Bertz CT molecular complexity index is 313. The number of nitriles is 1. The van der Waals surface area contributed by atoms with E-state index in [0.717, 1.165) is 32.1 Å². The van der Waals surface area contributed by atoms with Gasteiger partial charge in [-0.3, -0.25) is 4.79 Å². The molecule has 1 N–H and O–H groups in total. The molecule has 2 atom stereocenters. The third-order valence-corrected chi connectivity index (χ3v) is 4.49. The molecule has 18 heavy (non-hydrogen) atoms. The van der Waals surface area contributed by atoms with Crippen molar-refractivity contribution in [1.82, 2.24) is 5.32 Å². The lowest BCUT2D eigenvalue weighted by atomic mass is 9.90. The van der Waals surface area contributed by atoms with Crippen LogP contribution in [0.3, 0.4) is 0 Å². The van der Waals surface area contributed by atoms with Crippen LogP contribution in [-0.4, -0.2) is 11.9 Å². The molecule has 2 aliphatic carbocycles. The highest BCUT2D eigenvalue weighted by molar-refractivity contribution is 5.79. The van der Waals surface area contributed by atoms with E-state index in [9.17, 15) is 4.79 Å². The molecule has 2 saturated carbocycles. The molecule has 0 spiro atoms. The summed E-state index contributed by atoms with van der Waals surface area (Å²) < 4.78 is 0. The van der Waals surface area contributed by atoms with Gasteiger partial charge in [0.05, 0.1) is 12.0 Å². The minimum Gasteiger partial charge on any atom is -0.352 e. The maximum Gasteiger partial charge on any atom is 0.223 e. The van der Waals surface area contributed by atoms with E-state index in [2.05, 4.69) is 11.4 Å². The second-order valence-corrected chi connectivity index (χ2v) is 5.82. The van der Waals surface area contributed by atoms with Crippen molar-refractivity contribution in [1.29, 1.82) is 5.26 Å². The first-order valence-electron chi connectivity index (χ1n) is 7.51. The van der Waals surface area contributed by atoms with Crippen LogP contribution in [0.2, 0.25) is 0 Å². The molecule has 0 radical (unpaired) electrons. The minimum absolute atomic E-state index is 0.0440. The Hall–Kier alpha value is -1.04. The largest absolute Gasteiger partial charge is 0.352 e. The van der Waals surface area contributed by atoms with Crippen molar-refractivity contribution in [3.63, 3.8) is 0 Å². The van der Waals surface area contributed by atoms with E-state index in [0.29, 0.717) is 0 Å². The number of hydrogen-bond donors (Lipinski definition) is 1. The van der Waals surface area contributed by atoms with Crippen molar-refractivity contribution in [3.05, 3.63) is 0 Å². The summed E-state index contributed by atoms with van der Waals surface area (Å²) >= 11 is 0. The molecule has 2 aliphatic rings. The molecule has 0 aromatic rings. The summed E-state index contributed by atoms with van der Waals surface area (Å²) in [4.78, 5) is 12.3. The number of nitrogens with zero attached hydrogens (tertiary/aromatic N) is 1. The van der Waals surface area contributed by atoms with Gasteiger partial charge in [0, 0.05) is 12.0 Å². The van der Waals surface area contributed by atoms with Crippen LogP contribution in [0.15, 0.2) is 0 Å². The van der Waals surface area contributed by atoms with Gasteiger partial charge in [0.1, 0.15) is 0 Å². The Balaban J connectivity index is 1.84. The fourth-order valence-electron chi connectivity index (χ4n) is 3.31. The van der Waals surface area contributed by atoms with Crippen molar-refractivity contribution in [3.8, 4) is 6.07 Å². The normalized spacial score (nSPS) is 30.2. The first kappa shape index (κ1) is 13.4. The SMILES string of the molecule is N#CC1CCCC1NC(=O)C1CCCCCCC1. The molecule has 0 aromatic carbocycles. The van der Waals surface area contributed by atoms with Crippen molar-refractivity contribution < 1.29 is 4.79 Å². The van der Waals surface area contributed by atoms with Gasteiger partial charge in [0.2, 0.25) is 5.91 Å². The number of rotatable bonds is 2. The van der Waals surface area contributed by atoms with Crippen LogP contribution in [0.1, 0.15) is 64.2 Å². The number of hydrogen-bond acceptors (Lipinski definition) is 2. The van der Waals surface area contributed by atoms with Crippen LogP contribution >= 0.6 is 0 Å². The van der Waals surface area contributed by atoms with Gasteiger partial charge in [-0.25, -0.2) is 0 Å². The third-order valence-electron chi connectivity index (χ3n) is 4.49. The van der Waals surface area contributed by atoms with Gasteiger partial charge in [-0.15, -0.1) is 0 Å². The molecule has 2 fully saturated rings. The summed E-state index contributed by atoms with van der Waals surface area (Å²) in [6.45, 7) is 0. The number of amides is 1. The number of nitrogens with one attached hydrogen (secondary N) is 1. The molecular formula is C15H24N2O. The van der Waals surface area contributed by atoms with E-state index in [-0.39, 0.29) is 23.8 Å². The van der Waals surface area contributed by atoms with Gasteiger partial charge in [-0.05, 0) is 32.1 Å².